The summed E-state index contributed by atoms with van der Waals surface area (Å²) >= 11 is 5.94. The second-order valence-electron chi connectivity index (χ2n) is 8.32. The molecule has 32 heavy (non-hydrogen) atoms. The molecule has 0 aliphatic heterocycles. The summed E-state index contributed by atoms with van der Waals surface area (Å²) in [6.07, 6.45) is 4.99. The van der Waals surface area contributed by atoms with Crippen LogP contribution < -0.4 is 10.5 Å². The standard InChI is InChI=1S/C27H29ClFNO2/c28-22-7-4-19(5-8-22)18-31-24-10-12-25(13-11-24)32-26-9-6-20(14-15-30)27(17-26)21-2-1-3-23(29)16-21/h1-9,16-17,24-25H,10-15,18,30H2. The Bertz CT molecular complexity index is 1020. The van der Waals surface area contributed by atoms with Crippen LogP contribution in [0.2, 0.25) is 5.02 Å². The number of nitrogens with two attached hydrogens (primary N) is 1. The van der Waals surface area contributed by atoms with Gasteiger partial charge in [-0.3, -0.25) is 0 Å². The predicted octanol–water partition coefficient (Wildman–Crippen LogP) is 6.55. The lowest BCUT2D eigenvalue weighted by Crippen LogP contribution is -2.28. The van der Waals surface area contributed by atoms with Crippen molar-refractivity contribution in [1.29, 1.82) is 0 Å². The second kappa shape index (κ2) is 11.0. The average molecular weight is 454 g/mol. The Hall–Kier alpha value is -2.40. The van der Waals surface area contributed by atoms with E-state index in [0.717, 1.165) is 65.1 Å². The summed E-state index contributed by atoms with van der Waals surface area (Å²) in [6.45, 7) is 1.15. The first-order valence-electron chi connectivity index (χ1n) is 11.2. The molecule has 0 amide bonds. The van der Waals surface area contributed by atoms with Gasteiger partial charge in [-0.15, -0.1) is 0 Å². The molecule has 0 atom stereocenters. The average Bonchev–Trinajstić information content (AvgIpc) is 2.81. The molecule has 0 radical (unpaired) electrons. The molecular formula is C27H29ClFNO2. The monoisotopic (exact) mass is 453 g/mol. The minimum Gasteiger partial charge on any atom is -0.490 e. The SMILES string of the molecule is NCCc1ccc(OC2CCC(OCc3ccc(Cl)cc3)CC2)cc1-c1cccc(F)c1. The van der Waals surface area contributed by atoms with Gasteiger partial charge in [-0.2, -0.15) is 0 Å². The lowest BCUT2D eigenvalue weighted by molar-refractivity contribution is -0.00661. The maximum Gasteiger partial charge on any atom is 0.123 e. The maximum absolute atomic E-state index is 13.8. The van der Waals surface area contributed by atoms with Crippen molar-refractivity contribution >= 4 is 11.6 Å². The molecule has 1 saturated carbocycles. The van der Waals surface area contributed by atoms with E-state index in [-0.39, 0.29) is 18.0 Å². The zero-order chi connectivity index (χ0) is 22.3. The van der Waals surface area contributed by atoms with Crippen LogP contribution in [0.15, 0.2) is 66.7 Å². The normalized spacial score (nSPS) is 18.5. The third kappa shape index (κ3) is 6.10. The fourth-order valence-corrected chi connectivity index (χ4v) is 4.36. The van der Waals surface area contributed by atoms with E-state index >= 15 is 0 Å². The second-order valence-corrected chi connectivity index (χ2v) is 8.76. The molecule has 1 fully saturated rings. The van der Waals surface area contributed by atoms with Crippen molar-refractivity contribution < 1.29 is 13.9 Å². The fourth-order valence-electron chi connectivity index (χ4n) is 4.23. The van der Waals surface area contributed by atoms with Crippen molar-refractivity contribution in [3.8, 4) is 16.9 Å². The molecule has 2 N–H and O–H groups in total. The molecule has 3 nitrogen and oxygen atoms in total. The molecule has 0 saturated heterocycles. The van der Waals surface area contributed by atoms with Crippen molar-refractivity contribution in [3.05, 3.63) is 88.7 Å². The van der Waals surface area contributed by atoms with Crippen LogP contribution in [-0.4, -0.2) is 18.8 Å². The van der Waals surface area contributed by atoms with E-state index < -0.39 is 0 Å². The van der Waals surface area contributed by atoms with Crippen LogP contribution in [-0.2, 0) is 17.8 Å². The van der Waals surface area contributed by atoms with Crippen molar-refractivity contribution in [2.75, 3.05) is 6.54 Å². The van der Waals surface area contributed by atoms with Crippen LogP contribution in [0.5, 0.6) is 5.75 Å². The smallest absolute Gasteiger partial charge is 0.123 e. The zero-order valence-corrected chi connectivity index (χ0v) is 18.9. The third-order valence-corrected chi connectivity index (χ3v) is 6.21. The summed E-state index contributed by atoms with van der Waals surface area (Å²) in [4.78, 5) is 0. The Morgan fingerprint density at radius 1 is 0.906 bits per heavy atom. The molecule has 3 aromatic carbocycles. The van der Waals surface area contributed by atoms with Crippen LogP contribution >= 0.6 is 11.6 Å². The molecule has 3 aromatic rings. The first-order valence-corrected chi connectivity index (χ1v) is 11.6. The van der Waals surface area contributed by atoms with E-state index in [0.29, 0.717) is 13.2 Å². The summed E-state index contributed by atoms with van der Waals surface area (Å²) in [5.74, 6) is 0.569. The van der Waals surface area contributed by atoms with Crippen LogP contribution in [0.25, 0.3) is 11.1 Å². The maximum atomic E-state index is 13.8. The molecule has 1 aliphatic rings. The highest BCUT2D eigenvalue weighted by atomic mass is 35.5. The number of halogens is 2. The summed E-state index contributed by atoms with van der Waals surface area (Å²) in [7, 11) is 0. The van der Waals surface area contributed by atoms with Gasteiger partial charge in [-0.1, -0.05) is 41.9 Å². The van der Waals surface area contributed by atoms with Gasteiger partial charge in [-0.05, 0) is 97.3 Å². The van der Waals surface area contributed by atoms with Crippen LogP contribution in [0.3, 0.4) is 0 Å². The Labute approximate surface area is 194 Å². The van der Waals surface area contributed by atoms with Crippen molar-refractivity contribution in [1.82, 2.24) is 0 Å². The van der Waals surface area contributed by atoms with Crippen LogP contribution in [0, 0.1) is 5.82 Å². The number of benzene rings is 3. The molecule has 0 heterocycles. The van der Waals surface area contributed by atoms with Gasteiger partial charge in [-0.25, -0.2) is 4.39 Å². The molecular weight excluding hydrogens is 425 g/mol. The first kappa shape index (κ1) is 22.8. The predicted molar refractivity (Wildman–Crippen MR) is 128 cm³/mol. The molecule has 4 rings (SSSR count). The molecule has 0 aromatic heterocycles. The molecule has 0 bridgehead atoms. The van der Waals surface area contributed by atoms with E-state index in [1.54, 1.807) is 12.1 Å². The summed E-state index contributed by atoms with van der Waals surface area (Å²) < 4.78 is 26.2. The lowest BCUT2D eigenvalue weighted by Gasteiger charge is -2.29. The van der Waals surface area contributed by atoms with Crippen LogP contribution in [0.1, 0.15) is 36.8 Å². The minimum atomic E-state index is -0.246. The lowest BCUT2D eigenvalue weighted by atomic mass is 9.94. The highest BCUT2D eigenvalue weighted by molar-refractivity contribution is 6.30. The van der Waals surface area contributed by atoms with E-state index in [1.165, 1.54) is 6.07 Å². The van der Waals surface area contributed by atoms with Crippen molar-refractivity contribution in [3.63, 3.8) is 0 Å². The van der Waals surface area contributed by atoms with E-state index in [2.05, 4.69) is 0 Å². The quantitative estimate of drug-likeness (QED) is 0.420. The van der Waals surface area contributed by atoms with Gasteiger partial charge in [0.05, 0.1) is 18.8 Å². The van der Waals surface area contributed by atoms with Gasteiger partial charge in [0.15, 0.2) is 0 Å². The van der Waals surface area contributed by atoms with Crippen molar-refractivity contribution in [2.24, 2.45) is 5.73 Å². The Morgan fingerprint density at radius 3 is 2.38 bits per heavy atom. The van der Waals surface area contributed by atoms with E-state index in [9.17, 15) is 4.39 Å². The molecule has 168 valence electrons. The summed E-state index contributed by atoms with van der Waals surface area (Å²) in [6, 6.07) is 20.5. The van der Waals surface area contributed by atoms with Gasteiger partial charge < -0.3 is 15.2 Å². The third-order valence-electron chi connectivity index (χ3n) is 5.95. The molecule has 5 heteroatoms. The highest BCUT2D eigenvalue weighted by Crippen LogP contribution is 2.32. The fraction of sp³-hybridized carbons (Fsp3) is 0.333. The summed E-state index contributed by atoms with van der Waals surface area (Å²) in [5.41, 5.74) is 9.84. The molecule has 1 aliphatic carbocycles. The number of hydrogen-bond acceptors (Lipinski definition) is 3. The van der Waals surface area contributed by atoms with Crippen molar-refractivity contribution in [2.45, 2.75) is 50.9 Å². The van der Waals surface area contributed by atoms with E-state index in [1.807, 2.05) is 48.5 Å². The number of ether oxygens (including phenoxy) is 2. The molecule has 0 spiro atoms. The largest absolute Gasteiger partial charge is 0.490 e. The highest BCUT2D eigenvalue weighted by Gasteiger charge is 2.23. The molecule has 0 unspecified atom stereocenters. The Kier molecular flexibility index (Phi) is 7.80. The number of rotatable bonds is 8. The Morgan fingerprint density at radius 2 is 1.66 bits per heavy atom. The van der Waals surface area contributed by atoms with E-state index in [4.69, 9.17) is 26.8 Å². The number of hydrogen-bond donors (Lipinski definition) is 1. The summed E-state index contributed by atoms with van der Waals surface area (Å²) in [5, 5.41) is 0.739. The minimum absolute atomic E-state index is 0.158. The van der Waals surface area contributed by atoms with Gasteiger partial charge in [0.25, 0.3) is 0 Å². The zero-order valence-electron chi connectivity index (χ0n) is 18.1. The topological polar surface area (TPSA) is 44.5 Å². The van der Waals surface area contributed by atoms with Gasteiger partial charge in [0.1, 0.15) is 11.6 Å². The van der Waals surface area contributed by atoms with Gasteiger partial charge in [0, 0.05) is 5.02 Å². The van der Waals surface area contributed by atoms with Gasteiger partial charge in [0.2, 0.25) is 0 Å². The first-order chi connectivity index (χ1) is 15.6. The van der Waals surface area contributed by atoms with Crippen LogP contribution in [0.4, 0.5) is 4.39 Å². The Balaban J connectivity index is 1.35. The van der Waals surface area contributed by atoms with Gasteiger partial charge >= 0.3 is 0 Å².